The molecule has 8 heteroatoms. The van der Waals surface area contributed by atoms with Gasteiger partial charge in [0.15, 0.2) is 0 Å². The van der Waals surface area contributed by atoms with Gasteiger partial charge in [0.2, 0.25) is 0 Å². The fraction of sp³-hybridized carbons (Fsp3) is 0.0455. The molecule has 3 aromatic rings. The number of hydrogen-bond acceptors (Lipinski definition) is 6. The number of nitro groups is 1. The summed E-state index contributed by atoms with van der Waals surface area (Å²) in [6, 6.07) is 15.6. The predicted octanol–water partition coefficient (Wildman–Crippen LogP) is 3.43. The van der Waals surface area contributed by atoms with Gasteiger partial charge >= 0.3 is 5.97 Å². The van der Waals surface area contributed by atoms with E-state index >= 15 is 0 Å². The second-order valence-electron chi connectivity index (χ2n) is 6.02. The lowest BCUT2D eigenvalue weighted by molar-refractivity contribution is -0.384. The van der Waals surface area contributed by atoms with Crippen molar-refractivity contribution >= 4 is 23.3 Å². The molecule has 0 atom stereocenters. The molecule has 0 aliphatic rings. The van der Waals surface area contributed by atoms with E-state index in [1.807, 2.05) is 6.07 Å². The molecule has 30 heavy (non-hydrogen) atoms. The van der Waals surface area contributed by atoms with E-state index in [1.165, 1.54) is 6.07 Å². The summed E-state index contributed by atoms with van der Waals surface area (Å²) in [5.41, 5.74) is 1.17. The third-order valence-corrected chi connectivity index (χ3v) is 3.93. The number of esters is 1. The van der Waals surface area contributed by atoms with Crippen LogP contribution in [0, 0.1) is 22.0 Å². The van der Waals surface area contributed by atoms with E-state index in [2.05, 4.69) is 26.9 Å². The molecule has 1 N–H and O–H groups in total. The highest BCUT2D eigenvalue weighted by atomic mass is 16.6. The van der Waals surface area contributed by atoms with Crippen LogP contribution in [-0.4, -0.2) is 28.9 Å². The molecule has 2 aromatic carbocycles. The number of methoxy groups -OCH3 is 1. The van der Waals surface area contributed by atoms with Crippen LogP contribution in [0.15, 0.2) is 66.9 Å². The van der Waals surface area contributed by atoms with Crippen molar-refractivity contribution in [1.82, 2.24) is 4.98 Å². The summed E-state index contributed by atoms with van der Waals surface area (Å²) in [7, 11) is 1.15. The standard InChI is InChI=1S/C22H15N3O5/c1-30-22(27)17-12-16(13-20(14-17)25(28)29)21(26)24-19-7-4-5-15(11-19)8-9-18-6-2-3-10-23-18/h2-7,10-14H,1H3,(H,24,26). The number of anilines is 1. The largest absolute Gasteiger partial charge is 0.465 e. The van der Waals surface area contributed by atoms with Crippen molar-refractivity contribution in [3.8, 4) is 11.8 Å². The zero-order valence-electron chi connectivity index (χ0n) is 15.8. The minimum atomic E-state index is -0.778. The van der Waals surface area contributed by atoms with Crippen LogP contribution < -0.4 is 5.32 Å². The van der Waals surface area contributed by atoms with Gasteiger partial charge in [-0.3, -0.25) is 14.9 Å². The Morgan fingerprint density at radius 3 is 2.53 bits per heavy atom. The Balaban J connectivity index is 1.84. The summed E-state index contributed by atoms with van der Waals surface area (Å²) in [6.45, 7) is 0. The zero-order valence-corrected chi connectivity index (χ0v) is 15.8. The number of nitrogens with one attached hydrogen (secondary N) is 1. The number of amides is 1. The van der Waals surface area contributed by atoms with Crippen LogP contribution >= 0.6 is 0 Å². The first kappa shape index (κ1) is 20.2. The van der Waals surface area contributed by atoms with Crippen molar-refractivity contribution in [2.24, 2.45) is 0 Å². The Morgan fingerprint density at radius 1 is 1.03 bits per heavy atom. The molecule has 1 amide bonds. The van der Waals surface area contributed by atoms with Gasteiger partial charge in [0, 0.05) is 35.1 Å². The molecule has 0 aliphatic heterocycles. The van der Waals surface area contributed by atoms with Crippen LogP contribution in [0.5, 0.6) is 0 Å². The van der Waals surface area contributed by atoms with Gasteiger partial charge in [-0.05, 0) is 42.3 Å². The van der Waals surface area contributed by atoms with Crippen molar-refractivity contribution in [2.45, 2.75) is 0 Å². The first-order valence-corrected chi connectivity index (χ1v) is 8.68. The van der Waals surface area contributed by atoms with Gasteiger partial charge in [-0.2, -0.15) is 0 Å². The maximum Gasteiger partial charge on any atom is 0.338 e. The molecule has 0 fully saturated rings. The van der Waals surface area contributed by atoms with Crippen LogP contribution in [0.1, 0.15) is 32.0 Å². The number of non-ortho nitro benzene ring substituents is 1. The number of nitro benzene ring substituents is 1. The van der Waals surface area contributed by atoms with E-state index in [0.29, 0.717) is 16.9 Å². The summed E-state index contributed by atoms with van der Waals surface area (Å²) in [5.74, 6) is 4.48. The van der Waals surface area contributed by atoms with E-state index in [9.17, 15) is 19.7 Å². The van der Waals surface area contributed by atoms with E-state index in [4.69, 9.17) is 0 Å². The Labute approximate surface area is 171 Å². The predicted molar refractivity (Wildman–Crippen MR) is 109 cm³/mol. The number of hydrogen-bond donors (Lipinski definition) is 1. The molecule has 0 aliphatic carbocycles. The van der Waals surface area contributed by atoms with Crippen molar-refractivity contribution in [3.05, 3.63) is 99.4 Å². The molecule has 0 bridgehead atoms. The number of carbonyl (C=O) groups excluding carboxylic acids is 2. The van der Waals surface area contributed by atoms with Crippen molar-refractivity contribution in [3.63, 3.8) is 0 Å². The average molecular weight is 401 g/mol. The molecule has 0 saturated heterocycles. The van der Waals surface area contributed by atoms with Gasteiger partial charge in [0.25, 0.3) is 11.6 Å². The smallest absolute Gasteiger partial charge is 0.338 e. The number of rotatable bonds is 4. The third-order valence-electron chi connectivity index (χ3n) is 3.93. The van der Waals surface area contributed by atoms with E-state index in [-0.39, 0.29) is 11.1 Å². The summed E-state index contributed by atoms with van der Waals surface area (Å²) in [5, 5.41) is 13.8. The van der Waals surface area contributed by atoms with Crippen LogP contribution in [0.4, 0.5) is 11.4 Å². The second kappa shape index (κ2) is 9.12. The van der Waals surface area contributed by atoms with Crippen molar-refractivity contribution in [2.75, 3.05) is 12.4 Å². The molecular weight excluding hydrogens is 386 g/mol. The fourth-order valence-electron chi connectivity index (χ4n) is 2.53. The van der Waals surface area contributed by atoms with Gasteiger partial charge in [-0.15, -0.1) is 0 Å². The summed E-state index contributed by atoms with van der Waals surface area (Å²) in [6.07, 6.45) is 1.64. The first-order valence-electron chi connectivity index (χ1n) is 8.68. The maximum atomic E-state index is 12.6. The Bertz CT molecular complexity index is 1180. The molecule has 1 heterocycles. The molecule has 0 radical (unpaired) electrons. The lowest BCUT2D eigenvalue weighted by Crippen LogP contribution is -2.14. The zero-order chi connectivity index (χ0) is 21.5. The number of ether oxygens (including phenoxy) is 1. The quantitative estimate of drug-likeness (QED) is 0.310. The molecule has 0 saturated carbocycles. The van der Waals surface area contributed by atoms with Gasteiger partial charge in [-0.25, -0.2) is 9.78 Å². The summed E-state index contributed by atoms with van der Waals surface area (Å²) >= 11 is 0. The molecular formula is C22H15N3O5. The SMILES string of the molecule is COC(=O)c1cc(C(=O)Nc2cccc(C#Cc3ccccn3)c2)cc([N+](=O)[O-])c1. The highest BCUT2D eigenvalue weighted by Gasteiger charge is 2.18. The number of pyridine rings is 1. The summed E-state index contributed by atoms with van der Waals surface area (Å²) < 4.78 is 4.59. The molecule has 148 valence electrons. The molecule has 1 aromatic heterocycles. The molecule has 0 unspecified atom stereocenters. The lowest BCUT2D eigenvalue weighted by Gasteiger charge is -2.07. The monoisotopic (exact) mass is 401 g/mol. The van der Waals surface area contributed by atoms with Crippen LogP contribution in [-0.2, 0) is 4.74 Å². The Morgan fingerprint density at radius 2 is 1.83 bits per heavy atom. The molecule has 8 nitrogen and oxygen atoms in total. The normalized spacial score (nSPS) is 9.77. The highest BCUT2D eigenvalue weighted by molar-refractivity contribution is 6.06. The minimum Gasteiger partial charge on any atom is -0.465 e. The molecule has 3 rings (SSSR count). The van der Waals surface area contributed by atoms with Crippen LogP contribution in [0.25, 0.3) is 0 Å². The summed E-state index contributed by atoms with van der Waals surface area (Å²) in [4.78, 5) is 38.9. The van der Waals surface area contributed by atoms with E-state index < -0.39 is 22.5 Å². The highest BCUT2D eigenvalue weighted by Crippen LogP contribution is 2.20. The van der Waals surface area contributed by atoms with Crippen LogP contribution in [0.3, 0.4) is 0 Å². The maximum absolute atomic E-state index is 12.6. The van der Waals surface area contributed by atoms with Crippen LogP contribution in [0.2, 0.25) is 0 Å². The van der Waals surface area contributed by atoms with Crippen molar-refractivity contribution in [1.29, 1.82) is 0 Å². The lowest BCUT2D eigenvalue weighted by atomic mass is 10.1. The Kier molecular flexibility index (Phi) is 6.15. The van der Waals surface area contributed by atoms with E-state index in [0.717, 1.165) is 19.2 Å². The number of aromatic nitrogens is 1. The second-order valence-corrected chi connectivity index (χ2v) is 6.02. The number of benzene rings is 2. The minimum absolute atomic E-state index is 0.0467. The average Bonchev–Trinajstić information content (AvgIpc) is 2.77. The third kappa shape index (κ3) is 5.05. The van der Waals surface area contributed by atoms with Gasteiger partial charge in [0.1, 0.15) is 5.69 Å². The topological polar surface area (TPSA) is 111 Å². The number of nitrogens with zero attached hydrogens (tertiary/aromatic N) is 2. The molecule has 0 spiro atoms. The fourth-order valence-corrected chi connectivity index (χ4v) is 2.53. The Hall–Kier alpha value is -4.51. The van der Waals surface area contributed by atoms with Gasteiger partial charge < -0.3 is 10.1 Å². The number of carbonyl (C=O) groups is 2. The van der Waals surface area contributed by atoms with Gasteiger partial charge in [0.05, 0.1) is 17.6 Å². The van der Waals surface area contributed by atoms with Gasteiger partial charge in [-0.1, -0.05) is 18.1 Å². The van der Waals surface area contributed by atoms with E-state index in [1.54, 1.807) is 42.6 Å². The first-order chi connectivity index (χ1) is 14.5. The van der Waals surface area contributed by atoms with Crippen molar-refractivity contribution < 1.29 is 19.2 Å².